The molecule has 19 heavy (non-hydrogen) atoms. The van der Waals surface area contributed by atoms with Crippen LogP contribution in [-0.4, -0.2) is 40.4 Å². The molecule has 0 saturated carbocycles. The van der Waals surface area contributed by atoms with Gasteiger partial charge in [-0.15, -0.1) is 0 Å². The van der Waals surface area contributed by atoms with Crippen LogP contribution in [0.15, 0.2) is 24.3 Å². The number of nitrogens with zero attached hydrogens (tertiary/aromatic N) is 2. The number of nitro benzene ring substituents is 1. The highest BCUT2D eigenvalue weighted by atomic mass is 16.6. The van der Waals surface area contributed by atoms with Crippen LogP contribution in [0.5, 0.6) is 0 Å². The number of rotatable bonds is 6. The summed E-state index contributed by atoms with van der Waals surface area (Å²) in [5.74, 6) is -1.20. The maximum absolute atomic E-state index is 11.9. The molecule has 0 spiro atoms. The first-order valence-electron chi connectivity index (χ1n) is 5.63. The highest BCUT2D eigenvalue weighted by Gasteiger charge is 2.13. The molecule has 1 N–H and O–H groups in total. The van der Waals surface area contributed by atoms with E-state index in [1.54, 1.807) is 7.05 Å². The van der Waals surface area contributed by atoms with Crippen LogP contribution in [0.4, 0.5) is 5.69 Å². The van der Waals surface area contributed by atoms with E-state index in [1.807, 2.05) is 0 Å². The summed E-state index contributed by atoms with van der Waals surface area (Å²) in [6.45, 7) is 0.322. The normalized spacial score (nSPS) is 9.95. The molecule has 0 heterocycles. The van der Waals surface area contributed by atoms with E-state index in [0.717, 1.165) is 0 Å². The van der Waals surface area contributed by atoms with Crippen molar-refractivity contribution >= 4 is 17.6 Å². The van der Waals surface area contributed by atoms with Crippen molar-refractivity contribution in [3.8, 4) is 0 Å². The van der Waals surface area contributed by atoms with E-state index in [1.165, 1.54) is 29.2 Å². The molecular weight excluding hydrogens is 252 g/mol. The minimum atomic E-state index is -0.906. The minimum Gasteiger partial charge on any atom is -0.481 e. The van der Waals surface area contributed by atoms with E-state index in [-0.39, 0.29) is 18.0 Å². The number of carboxylic acids is 1. The number of aliphatic carboxylic acids is 1. The molecule has 0 atom stereocenters. The Labute approximate surface area is 109 Å². The zero-order chi connectivity index (χ0) is 14.4. The third-order valence-corrected chi connectivity index (χ3v) is 2.56. The second kappa shape index (κ2) is 6.48. The van der Waals surface area contributed by atoms with Crippen LogP contribution in [-0.2, 0) is 4.79 Å². The van der Waals surface area contributed by atoms with Gasteiger partial charge < -0.3 is 10.0 Å². The van der Waals surface area contributed by atoms with Gasteiger partial charge in [0.05, 0.1) is 4.92 Å². The van der Waals surface area contributed by atoms with Gasteiger partial charge in [-0.25, -0.2) is 0 Å². The number of non-ortho nitro benzene ring substituents is 1. The minimum absolute atomic E-state index is 0.00210. The van der Waals surface area contributed by atoms with Gasteiger partial charge in [0, 0.05) is 37.7 Å². The molecule has 1 aromatic rings. The smallest absolute Gasteiger partial charge is 0.303 e. The van der Waals surface area contributed by atoms with Crippen LogP contribution in [0.1, 0.15) is 23.2 Å². The van der Waals surface area contributed by atoms with Gasteiger partial charge in [-0.05, 0) is 18.6 Å². The van der Waals surface area contributed by atoms with Gasteiger partial charge in [0.2, 0.25) is 0 Å². The highest BCUT2D eigenvalue weighted by molar-refractivity contribution is 5.94. The van der Waals surface area contributed by atoms with Crippen molar-refractivity contribution in [1.29, 1.82) is 0 Å². The Kier molecular flexibility index (Phi) is 4.99. The number of hydrogen-bond acceptors (Lipinski definition) is 4. The monoisotopic (exact) mass is 266 g/mol. The van der Waals surface area contributed by atoms with Crippen LogP contribution in [0, 0.1) is 10.1 Å². The summed E-state index contributed by atoms with van der Waals surface area (Å²) in [5.41, 5.74) is 0.258. The van der Waals surface area contributed by atoms with Gasteiger partial charge in [0.25, 0.3) is 11.6 Å². The third kappa shape index (κ3) is 4.38. The maximum Gasteiger partial charge on any atom is 0.303 e. The maximum atomic E-state index is 11.9. The second-order valence-corrected chi connectivity index (χ2v) is 4.03. The number of hydrogen-bond donors (Lipinski definition) is 1. The Hall–Kier alpha value is -2.44. The third-order valence-electron chi connectivity index (χ3n) is 2.56. The summed E-state index contributed by atoms with van der Waals surface area (Å²) in [7, 11) is 1.56. The largest absolute Gasteiger partial charge is 0.481 e. The fourth-order valence-electron chi connectivity index (χ4n) is 1.52. The molecule has 0 aliphatic rings. The fraction of sp³-hybridized carbons (Fsp3) is 0.333. The molecule has 0 radical (unpaired) electrons. The zero-order valence-electron chi connectivity index (χ0n) is 10.4. The topological polar surface area (TPSA) is 101 Å². The molecule has 0 bridgehead atoms. The summed E-state index contributed by atoms with van der Waals surface area (Å²) in [4.78, 5) is 33.6. The molecule has 1 aromatic carbocycles. The number of carbonyl (C=O) groups excluding carboxylic acids is 1. The number of carboxylic acid groups (broad SMARTS) is 1. The summed E-state index contributed by atoms with van der Waals surface area (Å²) >= 11 is 0. The van der Waals surface area contributed by atoms with Gasteiger partial charge in [-0.1, -0.05) is 0 Å². The molecule has 0 fully saturated rings. The highest BCUT2D eigenvalue weighted by Crippen LogP contribution is 2.13. The van der Waals surface area contributed by atoms with Crippen LogP contribution in [0.25, 0.3) is 0 Å². The molecule has 102 valence electrons. The predicted octanol–water partition coefficient (Wildman–Crippen LogP) is 1.53. The first-order chi connectivity index (χ1) is 8.91. The van der Waals surface area contributed by atoms with Gasteiger partial charge in [-0.3, -0.25) is 19.7 Å². The van der Waals surface area contributed by atoms with E-state index in [4.69, 9.17) is 5.11 Å². The summed E-state index contributed by atoms with van der Waals surface area (Å²) < 4.78 is 0. The van der Waals surface area contributed by atoms with Crippen LogP contribution >= 0.6 is 0 Å². The lowest BCUT2D eigenvalue weighted by Crippen LogP contribution is -2.28. The first kappa shape index (κ1) is 14.6. The number of nitro groups is 1. The van der Waals surface area contributed by atoms with Gasteiger partial charge in [0.1, 0.15) is 0 Å². The van der Waals surface area contributed by atoms with Crippen molar-refractivity contribution in [1.82, 2.24) is 4.90 Å². The summed E-state index contributed by atoms with van der Waals surface area (Å²) in [5, 5.41) is 19.0. The SMILES string of the molecule is CN(CCCC(=O)O)C(=O)c1ccc([N+](=O)[O-])cc1. The average molecular weight is 266 g/mol. The van der Waals surface area contributed by atoms with E-state index in [9.17, 15) is 19.7 Å². The fourth-order valence-corrected chi connectivity index (χ4v) is 1.52. The molecule has 0 unspecified atom stereocenters. The van der Waals surface area contributed by atoms with E-state index in [2.05, 4.69) is 0 Å². The van der Waals surface area contributed by atoms with Gasteiger partial charge >= 0.3 is 5.97 Å². The van der Waals surface area contributed by atoms with E-state index < -0.39 is 10.9 Å². The lowest BCUT2D eigenvalue weighted by atomic mass is 10.2. The molecule has 1 rings (SSSR count). The molecule has 0 aromatic heterocycles. The van der Waals surface area contributed by atoms with Crippen molar-refractivity contribution in [2.45, 2.75) is 12.8 Å². The Morgan fingerprint density at radius 3 is 2.37 bits per heavy atom. The molecule has 0 aliphatic carbocycles. The number of benzene rings is 1. The molecular formula is C12H14N2O5. The number of carbonyl (C=O) groups is 2. The second-order valence-electron chi connectivity index (χ2n) is 4.03. The molecule has 1 amide bonds. The molecule has 0 saturated heterocycles. The lowest BCUT2D eigenvalue weighted by Gasteiger charge is -2.16. The van der Waals surface area contributed by atoms with Gasteiger partial charge in [-0.2, -0.15) is 0 Å². The van der Waals surface area contributed by atoms with Crippen molar-refractivity contribution in [3.63, 3.8) is 0 Å². The van der Waals surface area contributed by atoms with E-state index in [0.29, 0.717) is 18.5 Å². The van der Waals surface area contributed by atoms with Crippen molar-refractivity contribution in [2.24, 2.45) is 0 Å². The molecule has 7 heteroatoms. The Balaban J connectivity index is 2.61. The average Bonchev–Trinajstić information content (AvgIpc) is 2.37. The van der Waals surface area contributed by atoms with Crippen molar-refractivity contribution < 1.29 is 19.6 Å². The summed E-state index contributed by atoms with van der Waals surface area (Å²) in [6, 6.07) is 5.29. The van der Waals surface area contributed by atoms with E-state index >= 15 is 0 Å². The Morgan fingerprint density at radius 1 is 1.32 bits per heavy atom. The summed E-state index contributed by atoms with van der Waals surface area (Å²) in [6.07, 6.45) is 0.364. The molecule has 0 aliphatic heterocycles. The predicted molar refractivity (Wildman–Crippen MR) is 66.9 cm³/mol. The Morgan fingerprint density at radius 2 is 1.89 bits per heavy atom. The Bertz CT molecular complexity index is 483. The van der Waals surface area contributed by atoms with Crippen molar-refractivity contribution in [3.05, 3.63) is 39.9 Å². The number of amides is 1. The quantitative estimate of drug-likeness (QED) is 0.621. The van der Waals surface area contributed by atoms with Crippen LogP contribution < -0.4 is 0 Å². The van der Waals surface area contributed by atoms with Gasteiger partial charge in [0.15, 0.2) is 0 Å². The first-order valence-corrected chi connectivity index (χ1v) is 5.63. The zero-order valence-corrected chi connectivity index (χ0v) is 10.4. The van der Waals surface area contributed by atoms with Crippen LogP contribution in [0.2, 0.25) is 0 Å². The van der Waals surface area contributed by atoms with Crippen molar-refractivity contribution in [2.75, 3.05) is 13.6 Å². The standard InChI is InChI=1S/C12H14N2O5/c1-13(8-2-3-11(15)16)12(17)9-4-6-10(7-5-9)14(18)19/h4-7H,2-3,8H2,1H3,(H,15,16). The molecule has 7 nitrogen and oxygen atoms in total. The lowest BCUT2D eigenvalue weighted by molar-refractivity contribution is -0.384. The van der Waals surface area contributed by atoms with Crippen LogP contribution in [0.3, 0.4) is 0 Å².